The van der Waals surface area contributed by atoms with Crippen LogP contribution < -0.4 is 5.32 Å². The summed E-state index contributed by atoms with van der Waals surface area (Å²) in [5, 5.41) is 2.81. The SMILES string of the molecule is Cc1cc[nH]c1C(=O)Nc1ccccc1. The van der Waals surface area contributed by atoms with E-state index in [1.165, 1.54) is 0 Å². The van der Waals surface area contributed by atoms with Gasteiger partial charge in [-0.25, -0.2) is 0 Å². The number of H-pyrrole nitrogens is 1. The molecule has 1 aromatic carbocycles. The van der Waals surface area contributed by atoms with Gasteiger partial charge in [-0.05, 0) is 30.7 Å². The third-order valence-corrected chi connectivity index (χ3v) is 2.21. The van der Waals surface area contributed by atoms with E-state index >= 15 is 0 Å². The second kappa shape index (κ2) is 4.00. The lowest BCUT2D eigenvalue weighted by Crippen LogP contribution is -2.13. The zero-order chi connectivity index (χ0) is 10.7. The molecule has 0 fully saturated rings. The number of hydrogen-bond acceptors (Lipinski definition) is 1. The van der Waals surface area contributed by atoms with Crippen molar-refractivity contribution in [2.45, 2.75) is 6.92 Å². The van der Waals surface area contributed by atoms with Gasteiger partial charge in [0, 0.05) is 11.9 Å². The predicted octanol–water partition coefficient (Wildman–Crippen LogP) is 2.58. The van der Waals surface area contributed by atoms with Gasteiger partial charge in [-0.3, -0.25) is 4.79 Å². The molecule has 3 heteroatoms. The van der Waals surface area contributed by atoms with Crippen LogP contribution in [-0.2, 0) is 0 Å². The van der Waals surface area contributed by atoms with Crippen molar-refractivity contribution >= 4 is 11.6 Å². The fraction of sp³-hybridized carbons (Fsp3) is 0.0833. The van der Waals surface area contributed by atoms with Gasteiger partial charge >= 0.3 is 0 Å². The van der Waals surface area contributed by atoms with Crippen molar-refractivity contribution in [3.05, 3.63) is 53.9 Å². The maximum atomic E-state index is 11.8. The van der Waals surface area contributed by atoms with Gasteiger partial charge in [-0.15, -0.1) is 0 Å². The summed E-state index contributed by atoms with van der Waals surface area (Å²) in [5.41, 5.74) is 2.36. The number of para-hydroxylation sites is 1. The van der Waals surface area contributed by atoms with Crippen LogP contribution in [0.5, 0.6) is 0 Å². The first-order valence-corrected chi connectivity index (χ1v) is 4.78. The summed E-state index contributed by atoms with van der Waals surface area (Å²) < 4.78 is 0. The Balaban J connectivity index is 2.15. The van der Waals surface area contributed by atoms with Crippen molar-refractivity contribution in [1.82, 2.24) is 4.98 Å². The minimum atomic E-state index is -0.108. The van der Waals surface area contributed by atoms with Crippen molar-refractivity contribution in [3.63, 3.8) is 0 Å². The molecule has 1 amide bonds. The third-order valence-electron chi connectivity index (χ3n) is 2.21. The van der Waals surface area contributed by atoms with Crippen LogP contribution in [0.15, 0.2) is 42.6 Å². The zero-order valence-corrected chi connectivity index (χ0v) is 8.45. The summed E-state index contributed by atoms with van der Waals surface area (Å²) in [4.78, 5) is 14.7. The fourth-order valence-electron chi connectivity index (χ4n) is 1.41. The Labute approximate surface area is 88.1 Å². The molecule has 2 N–H and O–H groups in total. The molecule has 3 nitrogen and oxygen atoms in total. The molecule has 0 saturated heterocycles. The number of aromatic amines is 1. The van der Waals surface area contributed by atoms with Crippen LogP contribution in [0.1, 0.15) is 16.1 Å². The number of carbonyl (C=O) groups excluding carboxylic acids is 1. The van der Waals surface area contributed by atoms with Crippen molar-refractivity contribution in [3.8, 4) is 0 Å². The molecule has 0 aliphatic heterocycles. The minimum absolute atomic E-state index is 0.108. The van der Waals surface area contributed by atoms with Crippen molar-refractivity contribution in [1.29, 1.82) is 0 Å². The molecule has 0 radical (unpaired) electrons. The van der Waals surface area contributed by atoms with Gasteiger partial charge in [0.2, 0.25) is 0 Å². The highest BCUT2D eigenvalue weighted by atomic mass is 16.1. The number of benzene rings is 1. The number of rotatable bonds is 2. The first-order valence-electron chi connectivity index (χ1n) is 4.78. The van der Waals surface area contributed by atoms with Gasteiger partial charge < -0.3 is 10.3 Å². The van der Waals surface area contributed by atoms with Gasteiger partial charge in [0.15, 0.2) is 0 Å². The van der Waals surface area contributed by atoms with Gasteiger partial charge in [-0.1, -0.05) is 18.2 Å². The van der Waals surface area contributed by atoms with Crippen LogP contribution in [0.3, 0.4) is 0 Å². The number of amides is 1. The summed E-state index contributed by atoms with van der Waals surface area (Å²) >= 11 is 0. The number of anilines is 1. The zero-order valence-electron chi connectivity index (χ0n) is 8.45. The smallest absolute Gasteiger partial charge is 0.272 e. The summed E-state index contributed by atoms with van der Waals surface area (Å²) in [7, 11) is 0. The largest absolute Gasteiger partial charge is 0.357 e. The first kappa shape index (κ1) is 9.52. The van der Waals surface area contributed by atoms with Crippen LogP contribution in [0.25, 0.3) is 0 Å². The normalized spacial score (nSPS) is 9.93. The summed E-state index contributed by atoms with van der Waals surface area (Å²) in [6, 6.07) is 11.3. The Hall–Kier alpha value is -2.03. The third kappa shape index (κ3) is 2.07. The Kier molecular flexibility index (Phi) is 2.54. The molecule has 0 bridgehead atoms. The predicted molar refractivity (Wildman–Crippen MR) is 59.9 cm³/mol. The standard InChI is InChI=1S/C12H12N2O/c1-9-7-8-13-11(9)12(15)14-10-5-3-2-4-6-10/h2-8,13H,1H3,(H,14,15). The van der Waals surface area contributed by atoms with Gasteiger partial charge in [0.25, 0.3) is 5.91 Å². The van der Waals surface area contributed by atoms with E-state index in [0.29, 0.717) is 5.69 Å². The van der Waals surface area contributed by atoms with E-state index < -0.39 is 0 Å². The van der Waals surface area contributed by atoms with Crippen molar-refractivity contribution < 1.29 is 4.79 Å². The van der Waals surface area contributed by atoms with E-state index in [9.17, 15) is 4.79 Å². The Morgan fingerprint density at radius 2 is 1.93 bits per heavy atom. The van der Waals surface area contributed by atoms with Crippen LogP contribution >= 0.6 is 0 Å². The van der Waals surface area contributed by atoms with E-state index in [1.54, 1.807) is 6.20 Å². The average molecular weight is 200 g/mol. The van der Waals surface area contributed by atoms with Gasteiger partial charge in [0.1, 0.15) is 5.69 Å². The highest BCUT2D eigenvalue weighted by Gasteiger charge is 2.09. The van der Waals surface area contributed by atoms with Crippen LogP contribution in [0.2, 0.25) is 0 Å². The topological polar surface area (TPSA) is 44.9 Å². The van der Waals surface area contributed by atoms with E-state index in [0.717, 1.165) is 11.3 Å². The van der Waals surface area contributed by atoms with E-state index in [4.69, 9.17) is 0 Å². The highest BCUT2D eigenvalue weighted by molar-refractivity contribution is 6.03. The molecular weight excluding hydrogens is 188 g/mol. The van der Waals surface area contributed by atoms with Crippen molar-refractivity contribution in [2.75, 3.05) is 5.32 Å². The number of nitrogens with one attached hydrogen (secondary N) is 2. The second-order valence-corrected chi connectivity index (χ2v) is 3.36. The molecule has 2 rings (SSSR count). The molecule has 0 atom stereocenters. The molecule has 0 saturated carbocycles. The highest BCUT2D eigenvalue weighted by Crippen LogP contribution is 2.10. The molecule has 76 valence electrons. The monoisotopic (exact) mass is 200 g/mol. The molecule has 0 unspecified atom stereocenters. The molecular formula is C12H12N2O. The van der Waals surface area contributed by atoms with E-state index in [1.807, 2.05) is 43.3 Å². The van der Waals surface area contributed by atoms with Crippen LogP contribution in [0, 0.1) is 6.92 Å². The van der Waals surface area contributed by atoms with Gasteiger partial charge in [-0.2, -0.15) is 0 Å². The molecule has 1 heterocycles. The minimum Gasteiger partial charge on any atom is -0.357 e. The van der Waals surface area contributed by atoms with E-state index in [2.05, 4.69) is 10.3 Å². The Morgan fingerprint density at radius 3 is 2.53 bits per heavy atom. The lowest BCUT2D eigenvalue weighted by molar-refractivity contribution is 0.102. The van der Waals surface area contributed by atoms with Crippen LogP contribution in [0.4, 0.5) is 5.69 Å². The number of hydrogen-bond donors (Lipinski definition) is 2. The molecule has 0 spiro atoms. The molecule has 15 heavy (non-hydrogen) atoms. The van der Waals surface area contributed by atoms with E-state index in [-0.39, 0.29) is 5.91 Å². The second-order valence-electron chi connectivity index (χ2n) is 3.36. The fourth-order valence-corrected chi connectivity index (χ4v) is 1.41. The lowest BCUT2D eigenvalue weighted by atomic mass is 10.2. The number of aryl methyl sites for hydroxylation is 1. The Morgan fingerprint density at radius 1 is 1.20 bits per heavy atom. The summed E-state index contributed by atoms with van der Waals surface area (Å²) in [6.45, 7) is 1.90. The summed E-state index contributed by atoms with van der Waals surface area (Å²) in [6.07, 6.45) is 1.76. The molecule has 2 aromatic rings. The number of aromatic nitrogens is 1. The average Bonchev–Trinajstić information content (AvgIpc) is 2.66. The quantitative estimate of drug-likeness (QED) is 0.768. The lowest BCUT2D eigenvalue weighted by Gasteiger charge is -2.03. The Bertz CT molecular complexity index is 459. The van der Waals surface area contributed by atoms with Crippen LogP contribution in [-0.4, -0.2) is 10.9 Å². The van der Waals surface area contributed by atoms with Gasteiger partial charge in [0.05, 0.1) is 0 Å². The molecule has 0 aliphatic rings. The molecule has 1 aromatic heterocycles. The van der Waals surface area contributed by atoms with Crippen molar-refractivity contribution in [2.24, 2.45) is 0 Å². The molecule has 0 aliphatic carbocycles. The maximum Gasteiger partial charge on any atom is 0.272 e. The summed E-state index contributed by atoms with van der Waals surface area (Å²) in [5.74, 6) is -0.108. The maximum absolute atomic E-state index is 11.8. The number of carbonyl (C=O) groups is 1. The first-order chi connectivity index (χ1) is 7.27.